The highest BCUT2D eigenvalue weighted by Crippen LogP contribution is 2.43. The lowest BCUT2D eigenvalue weighted by molar-refractivity contribution is -0.870. The van der Waals surface area contributed by atoms with E-state index in [-0.39, 0.29) is 19.1 Å². The van der Waals surface area contributed by atoms with Crippen molar-refractivity contribution in [3.05, 3.63) is 85.1 Å². The summed E-state index contributed by atoms with van der Waals surface area (Å²) in [6, 6.07) is -0.869. The summed E-state index contributed by atoms with van der Waals surface area (Å²) in [5.41, 5.74) is 0. The molecule has 0 heterocycles. The Morgan fingerprint density at radius 3 is 1.06 bits per heavy atom. The van der Waals surface area contributed by atoms with Gasteiger partial charge >= 0.3 is 7.82 Å². The minimum Gasteiger partial charge on any atom is -0.387 e. The summed E-state index contributed by atoms with van der Waals surface area (Å²) in [7, 11) is 1.56. The molecule has 0 spiro atoms. The number of aliphatic hydroxyl groups is 1. The molecule has 0 saturated heterocycles. The molecule has 0 rings (SSSR count). The van der Waals surface area contributed by atoms with Crippen LogP contribution in [-0.4, -0.2) is 73.4 Å². The first kappa shape index (κ1) is 84.7. The second-order valence-electron chi connectivity index (χ2n) is 26.6. The second kappa shape index (κ2) is 68.1. The average molecular weight is 1240 g/mol. The van der Waals surface area contributed by atoms with E-state index in [4.69, 9.17) is 9.05 Å². The lowest BCUT2D eigenvalue weighted by atomic mass is 10.0. The minimum absolute atomic E-state index is 0.0548. The van der Waals surface area contributed by atoms with Crippen LogP contribution in [0.4, 0.5) is 0 Å². The number of carbonyl (C=O) groups excluding carboxylic acids is 1. The van der Waals surface area contributed by atoms with E-state index in [1.165, 1.54) is 263 Å². The topological polar surface area (TPSA) is 105 Å². The Morgan fingerprint density at radius 2 is 0.701 bits per heavy atom. The molecule has 0 fully saturated rings. The summed E-state index contributed by atoms with van der Waals surface area (Å²) in [5.74, 6) is -0.184. The maximum Gasteiger partial charge on any atom is 0.472 e. The normalized spacial score (nSPS) is 14.1. The van der Waals surface area contributed by atoms with Gasteiger partial charge in [0.2, 0.25) is 5.91 Å². The van der Waals surface area contributed by atoms with E-state index in [1.54, 1.807) is 6.08 Å². The quantitative estimate of drug-likeness (QED) is 0.0243. The molecule has 8 nitrogen and oxygen atoms in total. The Bertz CT molecular complexity index is 1700. The van der Waals surface area contributed by atoms with E-state index >= 15 is 0 Å². The van der Waals surface area contributed by atoms with Crippen LogP contribution in [0.5, 0.6) is 0 Å². The Balaban J connectivity index is 4.05. The second-order valence-corrected chi connectivity index (χ2v) is 28.1. The number of phosphoric acid groups is 1. The summed E-state index contributed by atoms with van der Waals surface area (Å²) in [5, 5.41) is 14.0. The number of phosphoric ester groups is 1. The number of nitrogens with one attached hydrogen (secondary N) is 1. The van der Waals surface area contributed by atoms with Crippen LogP contribution in [0.25, 0.3) is 0 Å². The van der Waals surface area contributed by atoms with Crippen molar-refractivity contribution in [1.29, 1.82) is 0 Å². The number of hydrogen-bond acceptors (Lipinski definition) is 5. The number of unbranched alkanes of at least 4 members (excludes halogenated alkanes) is 44. The van der Waals surface area contributed by atoms with Gasteiger partial charge in [-0.05, 0) is 77.0 Å². The molecule has 3 atom stereocenters. The Morgan fingerprint density at radius 1 is 0.402 bits per heavy atom. The monoisotopic (exact) mass is 1240 g/mol. The van der Waals surface area contributed by atoms with Crippen molar-refractivity contribution in [1.82, 2.24) is 5.32 Å². The standard InChI is InChI=1S/C78H145N2O6P/c1-6-8-10-12-14-16-18-20-22-24-26-28-30-32-34-36-38-40-42-44-46-48-50-52-54-56-58-60-62-64-66-68-70-72-78(82)79-76(75-86-87(83,84)85-74-73-80(3,4)5)77(81)71-69-67-65-63-61-59-57-55-53-51-49-47-45-43-41-39-37-35-33-31-29-27-25-23-21-19-17-15-13-11-9-7-2/h8,10,14,16,20,22,26,28,32,34,61,63,69,71,76-77,81H,6-7,9,11-13,15,17-19,21,23-25,27,29-31,33,35-60,62,64-68,70,72-75H2,1-5H3,(H-,79,82,83,84)/p+1/b10-8-,16-14-,22-20-,28-26-,34-32-,63-61+,71-69+. The number of nitrogens with zero attached hydrogens (tertiary/aromatic N) is 1. The van der Waals surface area contributed by atoms with Crippen molar-refractivity contribution < 1.29 is 32.9 Å². The zero-order valence-corrected chi connectivity index (χ0v) is 59.2. The largest absolute Gasteiger partial charge is 0.472 e. The van der Waals surface area contributed by atoms with Gasteiger partial charge in [0.25, 0.3) is 0 Å². The lowest BCUT2D eigenvalue weighted by Crippen LogP contribution is -2.45. The molecule has 1 amide bonds. The van der Waals surface area contributed by atoms with Crippen molar-refractivity contribution in [2.24, 2.45) is 0 Å². The summed E-state index contributed by atoms with van der Waals surface area (Å²) < 4.78 is 23.8. The zero-order valence-electron chi connectivity index (χ0n) is 58.3. The van der Waals surface area contributed by atoms with E-state index in [0.29, 0.717) is 17.4 Å². The molecule has 0 aromatic carbocycles. The third-order valence-corrected chi connectivity index (χ3v) is 17.8. The molecule has 9 heteroatoms. The molecule has 0 bridgehead atoms. The van der Waals surface area contributed by atoms with Crippen molar-refractivity contribution in [3.63, 3.8) is 0 Å². The summed E-state index contributed by atoms with van der Waals surface area (Å²) >= 11 is 0. The highest BCUT2D eigenvalue weighted by Gasteiger charge is 2.28. The molecule has 0 aliphatic carbocycles. The molecule has 0 aromatic heterocycles. The number of amides is 1. The fourth-order valence-electron chi connectivity index (χ4n) is 11.1. The molecule has 508 valence electrons. The highest BCUT2D eigenvalue weighted by molar-refractivity contribution is 7.47. The van der Waals surface area contributed by atoms with Crippen LogP contribution in [0.1, 0.15) is 354 Å². The molecule has 3 N–H and O–H groups in total. The van der Waals surface area contributed by atoms with Gasteiger partial charge in [-0.1, -0.05) is 356 Å². The van der Waals surface area contributed by atoms with Crippen LogP contribution < -0.4 is 5.32 Å². The fraction of sp³-hybridized carbons (Fsp3) is 0.808. The smallest absolute Gasteiger partial charge is 0.387 e. The summed E-state index contributed by atoms with van der Waals surface area (Å²) in [6.45, 7) is 4.72. The van der Waals surface area contributed by atoms with Crippen molar-refractivity contribution in [2.45, 2.75) is 366 Å². The average Bonchev–Trinajstić information content (AvgIpc) is 3.71. The van der Waals surface area contributed by atoms with Crippen LogP contribution in [0.2, 0.25) is 0 Å². The van der Waals surface area contributed by atoms with Gasteiger partial charge in [-0.3, -0.25) is 13.8 Å². The van der Waals surface area contributed by atoms with Gasteiger partial charge in [-0.2, -0.15) is 0 Å². The molecule has 0 radical (unpaired) electrons. The van der Waals surface area contributed by atoms with Crippen molar-refractivity contribution in [2.75, 3.05) is 40.9 Å². The Labute approximate surface area is 541 Å². The number of carbonyl (C=O) groups is 1. The molecular weight excluding hydrogens is 1090 g/mol. The Kier molecular flexibility index (Phi) is 66.2. The predicted octanol–water partition coefficient (Wildman–Crippen LogP) is 24.3. The first-order chi connectivity index (χ1) is 42.5. The van der Waals surface area contributed by atoms with E-state index in [9.17, 15) is 19.4 Å². The molecule has 0 saturated carbocycles. The maximum atomic E-state index is 13.1. The minimum atomic E-state index is -4.37. The number of quaternary nitrogens is 1. The van der Waals surface area contributed by atoms with Crippen LogP contribution in [0, 0.1) is 0 Å². The van der Waals surface area contributed by atoms with E-state index in [1.807, 2.05) is 27.2 Å². The number of likely N-dealkylation sites (N-methyl/N-ethyl adjacent to an activating group) is 1. The van der Waals surface area contributed by atoms with Crippen molar-refractivity contribution >= 4 is 13.7 Å². The molecule has 87 heavy (non-hydrogen) atoms. The van der Waals surface area contributed by atoms with Crippen LogP contribution in [-0.2, 0) is 18.4 Å². The molecule has 3 unspecified atom stereocenters. The van der Waals surface area contributed by atoms with E-state index < -0.39 is 20.0 Å². The van der Waals surface area contributed by atoms with Crippen molar-refractivity contribution in [3.8, 4) is 0 Å². The maximum absolute atomic E-state index is 13.1. The van der Waals surface area contributed by atoms with Gasteiger partial charge in [0, 0.05) is 6.42 Å². The van der Waals surface area contributed by atoms with Crippen LogP contribution in [0.15, 0.2) is 85.1 Å². The first-order valence-electron chi connectivity index (χ1n) is 37.5. The van der Waals surface area contributed by atoms with E-state index in [0.717, 1.165) is 70.6 Å². The van der Waals surface area contributed by atoms with Gasteiger partial charge in [-0.15, -0.1) is 0 Å². The molecule has 0 aromatic rings. The van der Waals surface area contributed by atoms with Gasteiger partial charge in [0.15, 0.2) is 0 Å². The van der Waals surface area contributed by atoms with Gasteiger partial charge in [0.1, 0.15) is 13.2 Å². The summed E-state index contributed by atoms with van der Waals surface area (Å²) in [4.78, 5) is 23.5. The number of hydrogen-bond donors (Lipinski definition) is 3. The third kappa shape index (κ3) is 71.0. The molecular formula is C78H146N2O6P+. The van der Waals surface area contributed by atoms with Gasteiger partial charge < -0.3 is 19.8 Å². The zero-order chi connectivity index (χ0) is 63.4. The van der Waals surface area contributed by atoms with Crippen LogP contribution >= 0.6 is 7.82 Å². The Hall–Kier alpha value is -2.32. The predicted molar refractivity (Wildman–Crippen MR) is 383 cm³/mol. The first-order valence-corrected chi connectivity index (χ1v) is 39.0. The lowest BCUT2D eigenvalue weighted by Gasteiger charge is -2.25. The van der Waals surface area contributed by atoms with E-state index in [2.05, 4.69) is 92.1 Å². The number of aliphatic hydroxyl groups excluding tert-OH is 1. The third-order valence-electron chi connectivity index (χ3n) is 16.8. The number of allylic oxidation sites excluding steroid dienone is 13. The number of rotatable bonds is 69. The molecule has 0 aliphatic rings. The van der Waals surface area contributed by atoms with Gasteiger partial charge in [0.05, 0.1) is 39.9 Å². The summed E-state index contributed by atoms with van der Waals surface area (Å²) in [6.07, 6.45) is 97.6. The highest BCUT2D eigenvalue weighted by atomic mass is 31.2. The van der Waals surface area contributed by atoms with Gasteiger partial charge in [-0.25, -0.2) is 4.57 Å². The fourth-order valence-corrected chi connectivity index (χ4v) is 11.8. The molecule has 0 aliphatic heterocycles. The van der Waals surface area contributed by atoms with Crippen LogP contribution in [0.3, 0.4) is 0 Å². The SMILES string of the molecule is CC/C=C\C/C=C\C/C=C\C/C=C\C/C=C\CCCCCCCCCCCCCCCCCCCC(=O)NC(COP(=O)(O)OCC[N+](C)(C)C)C(O)/C=C/CC/C=C/CCCCCCCCCCCCCCCCCCCCCCCCCCCC.